The van der Waals surface area contributed by atoms with Gasteiger partial charge in [0.1, 0.15) is 0 Å². The Morgan fingerprint density at radius 2 is 1.32 bits per heavy atom. The van der Waals surface area contributed by atoms with Crippen LogP contribution >= 0.6 is 0 Å². The maximum absolute atomic E-state index is 5.93. The summed E-state index contributed by atoms with van der Waals surface area (Å²) < 4.78 is 10.7. The molecule has 2 aromatic rings. The zero-order chi connectivity index (χ0) is 21.0. The van der Waals surface area contributed by atoms with E-state index in [1.165, 1.54) is 36.9 Å². The van der Waals surface area contributed by atoms with Gasteiger partial charge < -0.3 is 0 Å². The van der Waals surface area contributed by atoms with Crippen LogP contribution in [0.1, 0.15) is 11.1 Å². The van der Waals surface area contributed by atoms with Crippen LogP contribution in [0.2, 0.25) is 0 Å². The van der Waals surface area contributed by atoms with Gasteiger partial charge in [-0.2, -0.15) is 0 Å². The number of rotatable bonds is 2. The molecule has 2 aliphatic heterocycles. The van der Waals surface area contributed by atoms with Crippen molar-refractivity contribution in [3.8, 4) is 0 Å². The zero-order valence-corrected chi connectivity index (χ0v) is 19.0. The van der Waals surface area contributed by atoms with E-state index < -0.39 is 0 Å². The maximum atomic E-state index is 5.93. The third-order valence-electron chi connectivity index (χ3n) is 5.62. The molecule has 0 atom stereocenters. The Morgan fingerprint density at radius 1 is 0.710 bits per heavy atom. The van der Waals surface area contributed by atoms with Gasteiger partial charge in [-0.05, 0) is 0 Å². The van der Waals surface area contributed by atoms with Gasteiger partial charge in [-0.25, -0.2) is 0 Å². The Bertz CT molecular complexity index is 1140. The van der Waals surface area contributed by atoms with Crippen molar-refractivity contribution < 1.29 is 9.31 Å². The van der Waals surface area contributed by atoms with Crippen LogP contribution in [0, 0.1) is 0 Å². The fourth-order valence-corrected chi connectivity index (χ4v) is 6.23. The van der Waals surface area contributed by atoms with Gasteiger partial charge in [0.05, 0.1) is 0 Å². The summed E-state index contributed by atoms with van der Waals surface area (Å²) in [7, 11) is 0. The number of hydrogen-bond acceptors (Lipinski definition) is 2. The van der Waals surface area contributed by atoms with Crippen LogP contribution < -0.4 is 5.73 Å². The van der Waals surface area contributed by atoms with Crippen LogP contribution in [0.5, 0.6) is 0 Å². The fourth-order valence-electron chi connectivity index (χ4n) is 3.89. The molecule has 3 nitrogen and oxygen atoms in total. The molecule has 1 fully saturated rings. The van der Waals surface area contributed by atoms with Crippen LogP contribution in [0.4, 0.5) is 5.69 Å². The topological polar surface area (TPSA) is 38.3 Å². The van der Waals surface area contributed by atoms with Gasteiger partial charge in [-0.1, -0.05) is 0 Å². The Hall–Kier alpha value is -2.91. The van der Waals surface area contributed by atoms with Crippen molar-refractivity contribution in [2.45, 2.75) is 0 Å². The number of nitrogen functional groups attached to an aromatic ring is 1. The molecule has 0 spiro atoms. The van der Waals surface area contributed by atoms with E-state index in [-0.39, 0.29) is 15.0 Å². The van der Waals surface area contributed by atoms with Gasteiger partial charge in [0.25, 0.3) is 0 Å². The molecule has 1 saturated heterocycles. The molecular formula is C27H25N2OSe+. The average molecular weight is 472 g/mol. The van der Waals surface area contributed by atoms with E-state index in [0.717, 1.165) is 32.0 Å². The molecule has 2 aromatic carbocycles. The molecule has 2 heterocycles. The van der Waals surface area contributed by atoms with E-state index in [1.807, 2.05) is 12.1 Å². The first kappa shape index (κ1) is 20.0. The molecule has 3 aliphatic rings. The van der Waals surface area contributed by atoms with E-state index >= 15 is 0 Å². The molecule has 0 bridgehead atoms. The third-order valence-corrected chi connectivity index (χ3v) is 8.03. The molecule has 0 aromatic heterocycles. The van der Waals surface area contributed by atoms with E-state index in [0.29, 0.717) is 0 Å². The summed E-state index contributed by atoms with van der Waals surface area (Å²) in [5.41, 5.74) is 13.0. The number of benzene rings is 2. The number of morpholine rings is 1. The fraction of sp³-hybridized carbons (Fsp3) is 0.148. The van der Waals surface area contributed by atoms with Crippen LogP contribution in [0.15, 0.2) is 102 Å². The predicted molar refractivity (Wildman–Crippen MR) is 130 cm³/mol. The van der Waals surface area contributed by atoms with Gasteiger partial charge in [0.2, 0.25) is 0 Å². The summed E-state index contributed by atoms with van der Waals surface area (Å²) in [6.45, 7) is 3.52. The molecule has 0 amide bonds. The molecule has 0 unspecified atom stereocenters. The Labute approximate surface area is 189 Å². The number of allylic oxidation sites excluding steroid dienone is 8. The van der Waals surface area contributed by atoms with Crippen molar-refractivity contribution in [2.75, 3.05) is 32.0 Å². The number of anilines is 1. The molecule has 2 N–H and O–H groups in total. The Balaban J connectivity index is 1.54. The second-order valence-electron chi connectivity index (χ2n) is 7.71. The van der Waals surface area contributed by atoms with Crippen LogP contribution in [0.3, 0.4) is 0 Å². The van der Waals surface area contributed by atoms with Crippen LogP contribution in [-0.2, 0) is 4.74 Å². The summed E-state index contributed by atoms with van der Waals surface area (Å²) in [4.78, 5) is 0. The summed E-state index contributed by atoms with van der Waals surface area (Å²) in [5.74, 6) is 0. The number of ether oxygens (including phenoxy) is 1. The molecule has 5 rings (SSSR count). The first-order valence-corrected chi connectivity index (χ1v) is 12.3. The van der Waals surface area contributed by atoms with Gasteiger partial charge in [-0.15, -0.1) is 0 Å². The average Bonchev–Trinajstić information content (AvgIpc) is 2.85. The van der Waals surface area contributed by atoms with Gasteiger partial charge in [0, 0.05) is 0 Å². The molecule has 1 aliphatic carbocycles. The van der Waals surface area contributed by atoms with Gasteiger partial charge >= 0.3 is 190 Å². The molecule has 4 heteroatoms. The molecule has 0 radical (unpaired) electrons. The third kappa shape index (κ3) is 4.57. The van der Waals surface area contributed by atoms with Crippen LogP contribution in [-0.4, -0.2) is 51.5 Å². The zero-order valence-electron chi connectivity index (χ0n) is 17.3. The van der Waals surface area contributed by atoms with Crippen molar-refractivity contribution in [3.63, 3.8) is 0 Å². The number of hydrogen-bond donors (Lipinski definition) is 1. The minimum absolute atomic E-state index is 0.231. The van der Waals surface area contributed by atoms with Crippen molar-refractivity contribution in [2.24, 2.45) is 0 Å². The monoisotopic (exact) mass is 473 g/mol. The predicted octanol–water partition coefficient (Wildman–Crippen LogP) is 4.27. The molecule has 31 heavy (non-hydrogen) atoms. The Kier molecular flexibility index (Phi) is 5.86. The van der Waals surface area contributed by atoms with Crippen molar-refractivity contribution in [1.29, 1.82) is 0 Å². The van der Waals surface area contributed by atoms with Gasteiger partial charge in [0.15, 0.2) is 0 Å². The van der Waals surface area contributed by atoms with E-state index in [4.69, 9.17) is 10.5 Å². The first-order chi connectivity index (χ1) is 15.3. The summed E-state index contributed by atoms with van der Waals surface area (Å²) in [6, 6.07) is 19.0. The molecule has 0 saturated carbocycles. The van der Waals surface area contributed by atoms with Gasteiger partial charge in [-0.3, -0.25) is 0 Å². The quantitative estimate of drug-likeness (QED) is 0.403. The summed E-state index contributed by atoms with van der Waals surface area (Å²) in [5, 5.41) is 0. The molecule has 154 valence electrons. The second-order valence-corrected chi connectivity index (χ2v) is 9.98. The van der Waals surface area contributed by atoms with Crippen molar-refractivity contribution in [1.82, 2.24) is 0 Å². The van der Waals surface area contributed by atoms with E-state index in [2.05, 4.69) is 83.5 Å². The molecular weight excluding hydrogens is 447 g/mol. The standard InChI is InChI=1S/C27H24N2OSe/c28-24-10-6-22(7-11-24)27-19-23(18-26(31-27)21-4-2-1-3-5-21)20-8-12-25(13-9-20)29-14-16-30-17-15-29/h1-13,18-19,28H,14-17H2/p+1. The van der Waals surface area contributed by atoms with Crippen LogP contribution in [0.25, 0.3) is 8.94 Å². The van der Waals surface area contributed by atoms with E-state index in [9.17, 15) is 0 Å². The summed E-state index contributed by atoms with van der Waals surface area (Å²) >= 11 is 0.231. The SMILES string of the molecule is Nc1ccc(C2=CC(=C3C=CC(=[N+]4CCOCC4)C=C3)C=C(c3ccccc3)[Se]2)cc1. The normalized spacial score (nSPS) is 18.8. The van der Waals surface area contributed by atoms with Crippen molar-refractivity contribution >= 4 is 35.3 Å². The number of nitrogens with zero attached hydrogens (tertiary/aromatic N) is 1. The van der Waals surface area contributed by atoms with Crippen molar-refractivity contribution in [3.05, 3.63) is 113 Å². The minimum atomic E-state index is 0.231. The Morgan fingerprint density at radius 3 is 1.97 bits per heavy atom. The summed E-state index contributed by atoms with van der Waals surface area (Å²) in [6.07, 6.45) is 13.7. The second kappa shape index (κ2) is 9.07. The number of nitrogens with two attached hydrogens (primary N) is 1. The van der Waals surface area contributed by atoms with E-state index in [1.54, 1.807) is 0 Å². The first-order valence-electron chi connectivity index (χ1n) is 10.6.